The summed E-state index contributed by atoms with van der Waals surface area (Å²) in [4.78, 5) is 16.7. The molecule has 0 aliphatic rings. The van der Waals surface area contributed by atoms with Crippen LogP contribution in [0.15, 0.2) is 60.8 Å². The number of halogens is 1. The zero-order chi connectivity index (χ0) is 13.2. The third-order valence-corrected chi connectivity index (χ3v) is 3.68. The molecule has 0 aliphatic carbocycles. The number of hydrogen-bond acceptors (Lipinski definition) is 2. The fourth-order valence-corrected chi connectivity index (χ4v) is 2.32. The van der Waals surface area contributed by atoms with E-state index in [0.717, 1.165) is 14.5 Å². The van der Waals surface area contributed by atoms with E-state index in [9.17, 15) is 4.79 Å². The molecule has 1 aromatic heterocycles. The van der Waals surface area contributed by atoms with Crippen LogP contribution in [-0.4, -0.2) is 10.8 Å². The highest BCUT2D eigenvalue weighted by Gasteiger charge is 2.09. The predicted octanol–water partition coefficient (Wildman–Crippen LogP) is 4.07. The summed E-state index contributed by atoms with van der Waals surface area (Å²) in [5.41, 5.74) is 2.22. The monoisotopic (exact) mass is 359 g/mol. The minimum atomic E-state index is 0.00894. The van der Waals surface area contributed by atoms with Crippen LogP contribution in [0.1, 0.15) is 15.9 Å². The molecule has 2 nitrogen and oxygen atoms in total. The number of carbonyl (C=O) groups is 1. The molecule has 0 unspecified atom stereocenters. The molecule has 2 aromatic carbocycles. The van der Waals surface area contributed by atoms with Crippen molar-refractivity contribution in [1.29, 1.82) is 0 Å². The van der Waals surface area contributed by atoms with Crippen LogP contribution < -0.4 is 0 Å². The van der Waals surface area contributed by atoms with Gasteiger partial charge < -0.3 is 0 Å². The van der Waals surface area contributed by atoms with Crippen LogP contribution in [-0.2, 0) is 0 Å². The number of pyridine rings is 1. The van der Waals surface area contributed by atoms with Crippen molar-refractivity contribution < 1.29 is 4.79 Å². The molecule has 3 heteroatoms. The summed E-state index contributed by atoms with van der Waals surface area (Å²) >= 11 is 2.22. The summed E-state index contributed by atoms with van der Waals surface area (Å²) < 4.78 is 1.12. The zero-order valence-corrected chi connectivity index (χ0v) is 12.2. The Morgan fingerprint density at radius 1 is 0.947 bits per heavy atom. The van der Waals surface area contributed by atoms with Gasteiger partial charge in [0, 0.05) is 26.3 Å². The molecule has 0 radical (unpaired) electrons. The van der Waals surface area contributed by atoms with Crippen LogP contribution >= 0.6 is 22.6 Å². The molecule has 3 aromatic rings. The lowest BCUT2D eigenvalue weighted by Crippen LogP contribution is -2.01. The summed E-state index contributed by atoms with van der Waals surface area (Å²) in [7, 11) is 0. The Morgan fingerprint density at radius 3 is 2.47 bits per heavy atom. The van der Waals surface area contributed by atoms with Gasteiger partial charge in [0.25, 0.3) is 0 Å². The molecule has 0 bridgehead atoms. The molecule has 1 heterocycles. The van der Waals surface area contributed by atoms with Gasteiger partial charge in [-0.25, -0.2) is 0 Å². The van der Waals surface area contributed by atoms with Crippen LogP contribution in [0.5, 0.6) is 0 Å². The normalized spacial score (nSPS) is 10.6. The number of ketones is 1. The Labute approximate surface area is 124 Å². The van der Waals surface area contributed by atoms with Crippen molar-refractivity contribution in [3.63, 3.8) is 0 Å². The van der Waals surface area contributed by atoms with Gasteiger partial charge in [0.2, 0.25) is 0 Å². The van der Waals surface area contributed by atoms with E-state index in [4.69, 9.17) is 0 Å². The molecule has 0 N–H and O–H groups in total. The van der Waals surface area contributed by atoms with Gasteiger partial charge in [0.15, 0.2) is 5.78 Å². The van der Waals surface area contributed by atoms with Crippen LogP contribution in [0.3, 0.4) is 0 Å². The average Bonchev–Trinajstić information content (AvgIpc) is 2.47. The second-order valence-corrected chi connectivity index (χ2v) is 5.50. The van der Waals surface area contributed by atoms with Gasteiger partial charge in [0.1, 0.15) is 0 Å². The molecule has 19 heavy (non-hydrogen) atoms. The van der Waals surface area contributed by atoms with E-state index in [1.54, 1.807) is 6.20 Å². The van der Waals surface area contributed by atoms with Gasteiger partial charge in [-0.3, -0.25) is 9.78 Å². The lowest BCUT2D eigenvalue weighted by molar-refractivity contribution is 0.103. The van der Waals surface area contributed by atoms with E-state index < -0.39 is 0 Å². The van der Waals surface area contributed by atoms with E-state index in [-0.39, 0.29) is 5.78 Å². The maximum Gasteiger partial charge on any atom is 0.194 e. The molecule has 0 fully saturated rings. The van der Waals surface area contributed by atoms with Crippen molar-refractivity contribution in [3.8, 4) is 0 Å². The maximum atomic E-state index is 12.4. The van der Waals surface area contributed by atoms with E-state index in [0.29, 0.717) is 11.1 Å². The summed E-state index contributed by atoms with van der Waals surface area (Å²) in [6.45, 7) is 0. The lowest BCUT2D eigenvalue weighted by Gasteiger charge is -2.03. The lowest BCUT2D eigenvalue weighted by atomic mass is 10.0. The second-order valence-electron chi connectivity index (χ2n) is 4.25. The van der Waals surface area contributed by atoms with Gasteiger partial charge >= 0.3 is 0 Å². The topological polar surface area (TPSA) is 30.0 Å². The molecule has 3 rings (SSSR count). The molecular formula is C16H10INO. The highest BCUT2D eigenvalue weighted by atomic mass is 127. The third kappa shape index (κ3) is 2.51. The first kappa shape index (κ1) is 12.3. The van der Waals surface area contributed by atoms with Crippen LogP contribution in [0.25, 0.3) is 10.9 Å². The first-order chi connectivity index (χ1) is 9.24. The molecule has 0 atom stereocenters. The first-order valence-electron chi connectivity index (χ1n) is 5.89. The third-order valence-electron chi connectivity index (χ3n) is 2.96. The highest BCUT2D eigenvalue weighted by molar-refractivity contribution is 14.1. The summed E-state index contributed by atoms with van der Waals surface area (Å²) in [6, 6.07) is 17.2. The summed E-state index contributed by atoms with van der Waals surface area (Å²) in [5.74, 6) is 0.00894. The fraction of sp³-hybridized carbons (Fsp3) is 0. The fourth-order valence-electron chi connectivity index (χ4n) is 1.96. The number of benzene rings is 2. The van der Waals surface area contributed by atoms with Crippen LogP contribution in [0, 0.1) is 3.57 Å². The Morgan fingerprint density at radius 2 is 1.68 bits per heavy atom. The van der Waals surface area contributed by atoms with Gasteiger partial charge in [0.05, 0.1) is 5.52 Å². The number of para-hydroxylation sites is 1. The second kappa shape index (κ2) is 5.09. The quantitative estimate of drug-likeness (QED) is 0.510. The SMILES string of the molecule is O=C(c1ccc(I)cc1)c1cnc2ccccc2c1. The van der Waals surface area contributed by atoms with Gasteiger partial charge in [-0.1, -0.05) is 18.2 Å². The standard InChI is InChI=1S/C16H10INO/c17-14-7-5-11(6-8-14)16(19)13-9-12-3-1-2-4-15(12)18-10-13/h1-10H. The van der Waals surface area contributed by atoms with Crippen LogP contribution in [0.4, 0.5) is 0 Å². The number of rotatable bonds is 2. The smallest absolute Gasteiger partial charge is 0.194 e. The number of hydrogen-bond donors (Lipinski definition) is 0. The van der Waals surface area contributed by atoms with Crippen molar-refractivity contribution >= 4 is 39.3 Å². The minimum absolute atomic E-state index is 0.00894. The van der Waals surface area contributed by atoms with Crippen molar-refractivity contribution in [2.45, 2.75) is 0 Å². The van der Waals surface area contributed by atoms with Crippen molar-refractivity contribution in [3.05, 3.63) is 75.5 Å². The highest BCUT2D eigenvalue weighted by Crippen LogP contribution is 2.16. The van der Waals surface area contributed by atoms with E-state index in [2.05, 4.69) is 27.6 Å². The minimum Gasteiger partial charge on any atom is -0.289 e. The van der Waals surface area contributed by atoms with Gasteiger partial charge in [-0.2, -0.15) is 0 Å². The molecular weight excluding hydrogens is 349 g/mol. The number of nitrogens with zero attached hydrogens (tertiary/aromatic N) is 1. The van der Waals surface area contributed by atoms with Crippen molar-refractivity contribution in [2.75, 3.05) is 0 Å². The Bertz CT molecular complexity index is 750. The predicted molar refractivity (Wildman–Crippen MR) is 84.3 cm³/mol. The van der Waals surface area contributed by atoms with E-state index in [1.165, 1.54) is 0 Å². The van der Waals surface area contributed by atoms with Gasteiger partial charge in [-0.05, 0) is 59.0 Å². The van der Waals surface area contributed by atoms with E-state index >= 15 is 0 Å². The van der Waals surface area contributed by atoms with Crippen LogP contribution in [0.2, 0.25) is 0 Å². The molecule has 0 spiro atoms. The molecule has 0 amide bonds. The number of fused-ring (bicyclic) bond motifs is 1. The zero-order valence-electron chi connectivity index (χ0n) is 10.0. The Kier molecular flexibility index (Phi) is 3.29. The number of aromatic nitrogens is 1. The maximum absolute atomic E-state index is 12.4. The molecule has 92 valence electrons. The Hall–Kier alpha value is -1.75. The summed E-state index contributed by atoms with van der Waals surface area (Å²) in [6.07, 6.45) is 1.64. The largest absolute Gasteiger partial charge is 0.289 e. The van der Waals surface area contributed by atoms with E-state index in [1.807, 2.05) is 54.6 Å². The average molecular weight is 359 g/mol. The Balaban J connectivity index is 2.04. The number of carbonyl (C=O) groups excluding carboxylic acids is 1. The molecule has 0 saturated carbocycles. The summed E-state index contributed by atoms with van der Waals surface area (Å²) in [5, 5.41) is 0.985. The molecule has 0 saturated heterocycles. The van der Waals surface area contributed by atoms with Crippen molar-refractivity contribution in [2.24, 2.45) is 0 Å². The molecule has 0 aliphatic heterocycles. The van der Waals surface area contributed by atoms with Gasteiger partial charge in [-0.15, -0.1) is 0 Å². The first-order valence-corrected chi connectivity index (χ1v) is 6.97. The van der Waals surface area contributed by atoms with Crippen molar-refractivity contribution in [1.82, 2.24) is 4.98 Å².